The molecule has 0 spiro atoms. The van der Waals surface area contributed by atoms with Gasteiger partial charge in [-0.3, -0.25) is 9.69 Å². The van der Waals surface area contributed by atoms with Crippen LogP contribution in [0.4, 0.5) is 0 Å². The van der Waals surface area contributed by atoms with E-state index in [0.29, 0.717) is 22.8 Å². The summed E-state index contributed by atoms with van der Waals surface area (Å²) < 4.78 is 5.54. The molecule has 1 aromatic rings. The molecular weight excluding hydrogens is 284 g/mol. The van der Waals surface area contributed by atoms with Crippen molar-refractivity contribution >= 4 is 21.8 Å². The largest absolute Gasteiger partial charge is 0.457 e. The van der Waals surface area contributed by atoms with Crippen LogP contribution in [-0.4, -0.2) is 36.5 Å². The Morgan fingerprint density at radius 1 is 1.71 bits per heavy atom. The predicted octanol–water partition coefficient (Wildman–Crippen LogP) is 2.26. The van der Waals surface area contributed by atoms with Gasteiger partial charge in [-0.25, -0.2) is 0 Å². The third kappa shape index (κ3) is 2.90. The number of nitrogens with one attached hydrogen (secondary N) is 1. The van der Waals surface area contributed by atoms with Crippen molar-refractivity contribution in [1.29, 1.82) is 0 Å². The van der Waals surface area contributed by atoms with Gasteiger partial charge in [0.15, 0.2) is 4.67 Å². The van der Waals surface area contributed by atoms with Gasteiger partial charge in [-0.05, 0) is 47.9 Å². The van der Waals surface area contributed by atoms with Crippen LogP contribution in [0.15, 0.2) is 21.4 Å². The van der Waals surface area contributed by atoms with E-state index in [1.54, 1.807) is 6.07 Å². The molecule has 2 heterocycles. The molecule has 0 aliphatic carbocycles. The van der Waals surface area contributed by atoms with Crippen molar-refractivity contribution in [1.82, 2.24) is 10.2 Å². The van der Waals surface area contributed by atoms with Gasteiger partial charge in [0.1, 0.15) is 0 Å². The lowest BCUT2D eigenvalue weighted by Crippen LogP contribution is -2.40. The minimum absolute atomic E-state index is 0.0754. The molecule has 94 valence electrons. The molecule has 17 heavy (non-hydrogen) atoms. The standard InChI is InChI=1S/C12H17BrN2O2/c1-2-15-6-3-4-9(15)8-14-12(16)10-5-7-17-11(10)13/h5,7,9H,2-4,6,8H2,1H3,(H,14,16). The molecule has 0 aromatic carbocycles. The SMILES string of the molecule is CCN1CCCC1CNC(=O)c1ccoc1Br. The number of furan rings is 1. The molecule has 0 bridgehead atoms. The highest BCUT2D eigenvalue weighted by Crippen LogP contribution is 2.18. The quantitative estimate of drug-likeness (QED) is 0.928. The fourth-order valence-electron chi connectivity index (χ4n) is 2.30. The number of amides is 1. The Bertz CT molecular complexity index is 392. The van der Waals surface area contributed by atoms with E-state index in [2.05, 4.69) is 33.1 Å². The second kappa shape index (κ2) is 5.69. The van der Waals surface area contributed by atoms with Gasteiger partial charge in [0.05, 0.1) is 11.8 Å². The number of nitrogens with zero attached hydrogens (tertiary/aromatic N) is 1. The van der Waals surface area contributed by atoms with Gasteiger partial charge in [-0.15, -0.1) is 0 Å². The Labute approximate surface area is 109 Å². The van der Waals surface area contributed by atoms with Crippen LogP contribution >= 0.6 is 15.9 Å². The minimum Gasteiger partial charge on any atom is -0.457 e. The monoisotopic (exact) mass is 300 g/mol. The van der Waals surface area contributed by atoms with Crippen molar-refractivity contribution in [2.45, 2.75) is 25.8 Å². The molecule has 5 heteroatoms. The number of rotatable bonds is 4. The van der Waals surface area contributed by atoms with Crippen LogP contribution in [0.2, 0.25) is 0 Å². The van der Waals surface area contributed by atoms with E-state index in [4.69, 9.17) is 4.42 Å². The summed E-state index contributed by atoms with van der Waals surface area (Å²) in [6.07, 6.45) is 3.90. The third-order valence-corrected chi connectivity index (χ3v) is 3.88. The second-order valence-electron chi connectivity index (χ2n) is 4.24. The molecule has 1 saturated heterocycles. The molecule has 2 rings (SSSR count). The van der Waals surface area contributed by atoms with Crippen molar-refractivity contribution in [3.63, 3.8) is 0 Å². The first kappa shape index (κ1) is 12.6. The van der Waals surface area contributed by atoms with Gasteiger partial charge in [0, 0.05) is 12.6 Å². The molecule has 1 aliphatic heterocycles. The number of carbonyl (C=O) groups excluding carboxylic acids is 1. The van der Waals surface area contributed by atoms with E-state index in [-0.39, 0.29) is 5.91 Å². The Morgan fingerprint density at radius 3 is 3.18 bits per heavy atom. The van der Waals surface area contributed by atoms with E-state index >= 15 is 0 Å². The second-order valence-corrected chi connectivity index (χ2v) is 4.96. The first-order chi connectivity index (χ1) is 8.22. The van der Waals surface area contributed by atoms with Crippen LogP contribution in [0, 0.1) is 0 Å². The van der Waals surface area contributed by atoms with E-state index in [1.165, 1.54) is 19.1 Å². The fraction of sp³-hybridized carbons (Fsp3) is 0.583. The molecule has 1 aliphatic rings. The number of carbonyl (C=O) groups is 1. The van der Waals surface area contributed by atoms with Crippen LogP contribution in [0.5, 0.6) is 0 Å². The summed E-state index contributed by atoms with van der Waals surface area (Å²) in [5.74, 6) is -0.0754. The molecule has 1 amide bonds. The molecule has 1 unspecified atom stereocenters. The van der Waals surface area contributed by atoms with E-state index in [9.17, 15) is 4.79 Å². The highest BCUT2D eigenvalue weighted by molar-refractivity contribution is 9.10. The lowest BCUT2D eigenvalue weighted by Gasteiger charge is -2.22. The summed E-state index contributed by atoms with van der Waals surface area (Å²) >= 11 is 3.21. The number of hydrogen-bond donors (Lipinski definition) is 1. The lowest BCUT2D eigenvalue weighted by molar-refractivity contribution is 0.0939. The van der Waals surface area contributed by atoms with Gasteiger partial charge < -0.3 is 9.73 Å². The first-order valence-corrected chi connectivity index (χ1v) is 6.77. The van der Waals surface area contributed by atoms with Gasteiger partial charge in [0.25, 0.3) is 5.91 Å². The third-order valence-electron chi connectivity index (χ3n) is 3.27. The van der Waals surface area contributed by atoms with Crippen LogP contribution in [0.1, 0.15) is 30.1 Å². The summed E-state index contributed by atoms with van der Waals surface area (Å²) in [4.78, 5) is 14.3. The summed E-state index contributed by atoms with van der Waals surface area (Å²) in [6.45, 7) is 5.07. The average molecular weight is 301 g/mol. The van der Waals surface area contributed by atoms with Crippen molar-refractivity contribution in [2.75, 3.05) is 19.6 Å². The van der Waals surface area contributed by atoms with Crippen LogP contribution < -0.4 is 5.32 Å². The predicted molar refractivity (Wildman–Crippen MR) is 69.0 cm³/mol. The summed E-state index contributed by atoms with van der Waals surface area (Å²) in [6, 6.07) is 2.15. The normalized spacial score (nSPS) is 20.7. The zero-order chi connectivity index (χ0) is 12.3. The number of likely N-dealkylation sites (N-methyl/N-ethyl adjacent to an activating group) is 1. The average Bonchev–Trinajstić information content (AvgIpc) is 2.94. The summed E-state index contributed by atoms with van der Waals surface area (Å²) in [7, 11) is 0. The van der Waals surface area contributed by atoms with Gasteiger partial charge >= 0.3 is 0 Å². The van der Waals surface area contributed by atoms with Crippen LogP contribution in [0.25, 0.3) is 0 Å². The summed E-state index contributed by atoms with van der Waals surface area (Å²) in [5, 5.41) is 2.96. The van der Waals surface area contributed by atoms with Crippen molar-refractivity contribution in [3.8, 4) is 0 Å². The maximum absolute atomic E-state index is 11.9. The Morgan fingerprint density at radius 2 is 2.53 bits per heavy atom. The Hall–Kier alpha value is -0.810. The highest BCUT2D eigenvalue weighted by Gasteiger charge is 2.23. The molecule has 1 N–H and O–H groups in total. The van der Waals surface area contributed by atoms with E-state index < -0.39 is 0 Å². The van der Waals surface area contributed by atoms with Crippen molar-refractivity contribution in [3.05, 3.63) is 22.6 Å². The minimum atomic E-state index is -0.0754. The molecule has 0 saturated carbocycles. The molecule has 0 radical (unpaired) electrons. The van der Waals surface area contributed by atoms with Gasteiger partial charge in [-0.1, -0.05) is 6.92 Å². The number of halogens is 1. The Balaban J connectivity index is 1.86. The van der Waals surface area contributed by atoms with Crippen molar-refractivity contribution < 1.29 is 9.21 Å². The maximum atomic E-state index is 11.9. The smallest absolute Gasteiger partial charge is 0.255 e. The zero-order valence-electron chi connectivity index (χ0n) is 9.91. The maximum Gasteiger partial charge on any atom is 0.255 e. The molecule has 1 fully saturated rings. The first-order valence-electron chi connectivity index (χ1n) is 5.97. The number of likely N-dealkylation sites (tertiary alicyclic amines) is 1. The molecule has 1 atom stereocenters. The topological polar surface area (TPSA) is 45.5 Å². The van der Waals surface area contributed by atoms with Crippen molar-refractivity contribution in [2.24, 2.45) is 0 Å². The molecule has 1 aromatic heterocycles. The molecular formula is C12H17BrN2O2. The lowest BCUT2D eigenvalue weighted by atomic mass is 10.2. The zero-order valence-corrected chi connectivity index (χ0v) is 11.5. The molecule has 4 nitrogen and oxygen atoms in total. The Kier molecular flexibility index (Phi) is 4.23. The van der Waals surface area contributed by atoms with Gasteiger partial charge in [0.2, 0.25) is 0 Å². The fourth-order valence-corrected chi connectivity index (χ4v) is 2.72. The number of hydrogen-bond acceptors (Lipinski definition) is 3. The van der Waals surface area contributed by atoms with Crippen LogP contribution in [-0.2, 0) is 0 Å². The van der Waals surface area contributed by atoms with E-state index in [0.717, 1.165) is 13.1 Å². The van der Waals surface area contributed by atoms with Crippen LogP contribution in [0.3, 0.4) is 0 Å². The highest BCUT2D eigenvalue weighted by atomic mass is 79.9. The van der Waals surface area contributed by atoms with E-state index in [1.807, 2.05) is 0 Å². The summed E-state index contributed by atoms with van der Waals surface area (Å²) in [5.41, 5.74) is 0.561. The van der Waals surface area contributed by atoms with Gasteiger partial charge in [-0.2, -0.15) is 0 Å².